The van der Waals surface area contributed by atoms with Crippen molar-refractivity contribution < 1.29 is 63.4 Å². The molecule has 0 aliphatic carbocycles. The number of aliphatic hydroxyl groups excluding tert-OH is 5. The molecule has 13 heteroatoms. The summed E-state index contributed by atoms with van der Waals surface area (Å²) in [5, 5.41) is 49.1. The molecule has 42 heavy (non-hydrogen) atoms. The zero-order valence-corrected chi connectivity index (χ0v) is 26.4. The lowest BCUT2D eigenvalue weighted by atomic mass is 10.2. The minimum Gasteiger partial charge on any atom is -0.391 e. The Morgan fingerprint density at radius 2 is 0.738 bits per heavy atom. The maximum Gasteiger partial charge on any atom is 0.104 e. The molecule has 0 spiro atoms. The van der Waals surface area contributed by atoms with E-state index in [1.807, 2.05) is 27.7 Å². The molecule has 0 aromatic heterocycles. The summed E-state index contributed by atoms with van der Waals surface area (Å²) in [5.41, 5.74) is 0. The lowest BCUT2D eigenvalue weighted by Crippen LogP contribution is -2.36. The van der Waals surface area contributed by atoms with Gasteiger partial charge in [-0.15, -0.1) is 0 Å². The number of methoxy groups -OCH3 is 1. The topological polar surface area (TPSA) is 175 Å². The van der Waals surface area contributed by atoms with Crippen molar-refractivity contribution in [2.24, 2.45) is 5.92 Å². The van der Waals surface area contributed by atoms with E-state index in [1.54, 1.807) is 7.11 Å². The fourth-order valence-electron chi connectivity index (χ4n) is 3.28. The van der Waals surface area contributed by atoms with Crippen molar-refractivity contribution >= 4 is 0 Å². The van der Waals surface area contributed by atoms with Crippen LogP contribution in [0.3, 0.4) is 0 Å². The zero-order valence-electron chi connectivity index (χ0n) is 26.4. The van der Waals surface area contributed by atoms with Gasteiger partial charge in [0.2, 0.25) is 0 Å². The van der Waals surface area contributed by atoms with Gasteiger partial charge in [-0.3, -0.25) is 0 Å². The predicted molar refractivity (Wildman–Crippen MR) is 156 cm³/mol. The second-order valence-electron chi connectivity index (χ2n) is 10.7. The van der Waals surface area contributed by atoms with Gasteiger partial charge in [0, 0.05) is 13.0 Å². The third kappa shape index (κ3) is 24.9. The normalized spacial score (nSPS) is 17.9. The van der Waals surface area contributed by atoms with Crippen LogP contribution in [0.1, 0.15) is 47.0 Å². The van der Waals surface area contributed by atoms with Gasteiger partial charge in [-0.1, -0.05) is 27.7 Å². The molecule has 0 saturated carbocycles. The molecule has 254 valence electrons. The minimum atomic E-state index is -0.916. The van der Waals surface area contributed by atoms with Gasteiger partial charge in [-0.05, 0) is 19.3 Å². The van der Waals surface area contributed by atoms with E-state index in [2.05, 4.69) is 0 Å². The first-order valence-electron chi connectivity index (χ1n) is 15.2. The molecule has 0 rings (SSSR count). The molecule has 0 radical (unpaired) electrons. The summed E-state index contributed by atoms with van der Waals surface area (Å²) >= 11 is 0. The Morgan fingerprint density at radius 1 is 0.405 bits per heavy atom. The van der Waals surface area contributed by atoms with Crippen LogP contribution in [0, 0.1) is 5.92 Å². The number of ether oxygens (including phenoxy) is 8. The zero-order chi connectivity index (χ0) is 31.6. The van der Waals surface area contributed by atoms with Crippen LogP contribution in [0.4, 0.5) is 0 Å². The van der Waals surface area contributed by atoms with E-state index in [9.17, 15) is 25.5 Å². The first-order chi connectivity index (χ1) is 20.1. The van der Waals surface area contributed by atoms with Crippen molar-refractivity contribution in [3.63, 3.8) is 0 Å². The second kappa shape index (κ2) is 28.0. The quantitative estimate of drug-likeness (QED) is 0.0713. The fraction of sp³-hybridized carbons (Fsp3) is 1.00. The van der Waals surface area contributed by atoms with Gasteiger partial charge in [0.05, 0.1) is 104 Å². The Balaban J connectivity index is 4.71. The highest BCUT2D eigenvalue weighted by Gasteiger charge is 2.19. The fourth-order valence-corrected chi connectivity index (χ4v) is 3.28. The number of hydrogen-bond donors (Lipinski definition) is 5. The lowest BCUT2D eigenvalue weighted by Gasteiger charge is -2.24. The standard InChI is InChI=1S/C29H60O13/c1-6-23(30)11-36-9-22(4)10-37-19-28(18-35-5)42-21-29(41-17-27(34)16-39-13-25(32)8-3)20-40-15-26(33)14-38-12-24(31)7-2/h22-34H,6-21H2,1-5H3. The summed E-state index contributed by atoms with van der Waals surface area (Å²) in [4.78, 5) is 0. The summed E-state index contributed by atoms with van der Waals surface area (Å²) in [6, 6.07) is 0. The van der Waals surface area contributed by atoms with Crippen LogP contribution in [-0.4, -0.2) is 161 Å². The highest BCUT2D eigenvalue weighted by Crippen LogP contribution is 2.06. The number of hydrogen-bond acceptors (Lipinski definition) is 13. The molecule has 0 aromatic rings. The van der Waals surface area contributed by atoms with Crippen LogP contribution in [-0.2, 0) is 37.9 Å². The SMILES string of the molecule is CCC(O)COCC(C)COCC(COC)OCC(COCC(O)COCC(O)CC)OCC(O)COCC(O)CC. The highest BCUT2D eigenvalue weighted by molar-refractivity contribution is 4.65. The van der Waals surface area contributed by atoms with E-state index in [-0.39, 0.29) is 78.1 Å². The van der Waals surface area contributed by atoms with Gasteiger partial charge < -0.3 is 63.4 Å². The maximum absolute atomic E-state index is 10.2. The van der Waals surface area contributed by atoms with Crippen molar-refractivity contribution in [1.29, 1.82) is 0 Å². The molecular formula is C29H60O13. The van der Waals surface area contributed by atoms with Gasteiger partial charge in [0.1, 0.15) is 24.4 Å². The summed E-state index contributed by atoms with van der Waals surface area (Å²) in [6.45, 7) is 9.79. The molecule has 8 atom stereocenters. The van der Waals surface area contributed by atoms with Gasteiger partial charge in [0.25, 0.3) is 0 Å². The van der Waals surface area contributed by atoms with Gasteiger partial charge >= 0.3 is 0 Å². The number of rotatable bonds is 31. The van der Waals surface area contributed by atoms with Crippen LogP contribution in [0.5, 0.6) is 0 Å². The highest BCUT2D eigenvalue weighted by atomic mass is 16.6. The molecule has 0 bridgehead atoms. The molecule has 0 heterocycles. The monoisotopic (exact) mass is 616 g/mol. The van der Waals surface area contributed by atoms with Crippen molar-refractivity contribution in [3.05, 3.63) is 0 Å². The first kappa shape index (κ1) is 41.5. The first-order valence-corrected chi connectivity index (χ1v) is 15.2. The molecule has 13 nitrogen and oxygen atoms in total. The van der Waals surface area contributed by atoms with Gasteiger partial charge in [-0.2, -0.15) is 0 Å². The Bertz CT molecular complexity index is 574. The molecule has 0 saturated heterocycles. The molecule has 0 fully saturated rings. The van der Waals surface area contributed by atoms with Gasteiger partial charge in [-0.25, -0.2) is 0 Å². The minimum absolute atomic E-state index is 0.00457. The second-order valence-corrected chi connectivity index (χ2v) is 10.7. The Morgan fingerprint density at radius 3 is 1.19 bits per heavy atom. The Labute approximate surface area is 252 Å². The van der Waals surface area contributed by atoms with Crippen molar-refractivity contribution in [1.82, 2.24) is 0 Å². The summed E-state index contributed by atoms with van der Waals surface area (Å²) in [5.74, 6) is 0.129. The molecule has 8 unspecified atom stereocenters. The third-order valence-corrected chi connectivity index (χ3v) is 6.08. The van der Waals surface area contributed by atoms with E-state index >= 15 is 0 Å². The molecule has 0 aliphatic heterocycles. The smallest absolute Gasteiger partial charge is 0.104 e. The van der Waals surface area contributed by atoms with Gasteiger partial charge in [0.15, 0.2) is 0 Å². The van der Waals surface area contributed by atoms with Crippen molar-refractivity contribution in [3.8, 4) is 0 Å². The predicted octanol–water partition coefficient (Wildman–Crippen LogP) is 0.157. The van der Waals surface area contributed by atoms with Crippen LogP contribution >= 0.6 is 0 Å². The average molecular weight is 617 g/mol. The molecule has 0 aliphatic rings. The van der Waals surface area contributed by atoms with Crippen LogP contribution in [0.25, 0.3) is 0 Å². The molecular weight excluding hydrogens is 556 g/mol. The van der Waals surface area contributed by atoms with Crippen LogP contribution in [0.15, 0.2) is 0 Å². The molecule has 0 amide bonds. The van der Waals surface area contributed by atoms with E-state index < -0.39 is 36.6 Å². The summed E-state index contributed by atoms with van der Waals surface area (Å²) in [6.07, 6.45) is -2.62. The molecule has 0 aromatic carbocycles. The van der Waals surface area contributed by atoms with E-state index in [0.29, 0.717) is 39.1 Å². The Kier molecular flexibility index (Phi) is 27.6. The average Bonchev–Trinajstić information content (AvgIpc) is 2.97. The summed E-state index contributed by atoms with van der Waals surface area (Å²) < 4.78 is 44.7. The third-order valence-electron chi connectivity index (χ3n) is 6.08. The largest absolute Gasteiger partial charge is 0.391 e. The lowest BCUT2D eigenvalue weighted by molar-refractivity contribution is -0.129. The number of aliphatic hydroxyl groups is 5. The van der Waals surface area contributed by atoms with E-state index in [1.165, 1.54) is 0 Å². The maximum atomic E-state index is 10.2. The van der Waals surface area contributed by atoms with Crippen molar-refractivity contribution in [2.75, 3.05) is 93.0 Å². The van der Waals surface area contributed by atoms with Crippen LogP contribution in [0.2, 0.25) is 0 Å². The van der Waals surface area contributed by atoms with Crippen molar-refractivity contribution in [2.45, 2.75) is 89.7 Å². The summed E-state index contributed by atoms with van der Waals surface area (Å²) in [7, 11) is 1.57. The molecule has 5 N–H and O–H groups in total. The van der Waals surface area contributed by atoms with E-state index in [4.69, 9.17) is 37.9 Å². The van der Waals surface area contributed by atoms with Crippen LogP contribution < -0.4 is 0 Å². The Hall–Kier alpha value is -0.520. The van der Waals surface area contributed by atoms with E-state index in [0.717, 1.165) is 0 Å².